The molecule has 0 amide bonds. The Labute approximate surface area is 120 Å². The largest absolute Gasteiger partial charge is 0.417 e. The predicted octanol–water partition coefficient (Wildman–Crippen LogP) is 4.34. The molecule has 2 fully saturated rings. The minimum absolute atomic E-state index is 0.236. The molecule has 19 heavy (non-hydrogen) atoms. The van der Waals surface area contributed by atoms with Gasteiger partial charge in [0.25, 0.3) is 0 Å². The fraction of sp³-hybridized carbons (Fsp3) is 1.00. The molecule has 0 aromatic carbocycles. The minimum atomic E-state index is -1.56. The first kappa shape index (κ1) is 15.5. The third-order valence-electron chi connectivity index (χ3n) is 5.91. The highest BCUT2D eigenvalue weighted by Gasteiger charge is 2.61. The highest BCUT2D eigenvalue weighted by atomic mass is 28.4. The molecular weight excluding hydrogens is 252 g/mol. The Kier molecular flexibility index (Phi) is 4.21. The van der Waals surface area contributed by atoms with Crippen LogP contribution in [-0.2, 0) is 4.43 Å². The molecule has 2 aliphatic rings. The van der Waals surface area contributed by atoms with Crippen LogP contribution in [-0.4, -0.2) is 25.6 Å². The lowest BCUT2D eigenvalue weighted by atomic mass is 9.94. The molecule has 1 N–H and O–H groups in total. The van der Waals surface area contributed by atoms with E-state index < -0.39 is 8.32 Å². The van der Waals surface area contributed by atoms with Gasteiger partial charge in [-0.05, 0) is 62.1 Å². The molecule has 0 bridgehead atoms. The van der Waals surface area contributed by atoms with E-state index in [1.807, 2.05) is 0 Å². The zero-order valence-electron chi connectivity index (χ0n) is 13.5. The van der Waals surface area contributed by atoms with Crippen LogP contribution in [0.1, 0.15) is 59.3 Å². The van der Waals surface area contributed by atoms with Crippen molar-refractivity contribution in [3.63, 3.8) is 0 Å². The van der Waals surface area contributed by atoms with Crippen molar-refractivity contribution in [3.8, 4) is 0 Å². The van der Waals surface area contributed by atoms with Crippen LogP contribution in [0.15, 0.2) is 0 Å². The second kappa shape index (κ2) is 5.16. The van der Waals surface area contributed by atoms with Crippen molar-refractivity contribution in [1.29, 1.82) is 0 Å². The third kappa shape index (κ3) is 3.25. The molecule has 0 aromatic heterocycles. The summed E-state index contributed by atoms with van der Waals surface area (Å²) in [6.07, 6.45) is 7.18. The number of hydrogen-bond donors (Lipinski definition) is 1. The van der Waals surface area contributed by atoms with Crippen LogP contribution < -0.4 is 0 Å². The van der Waals surface area contributed by atoms with Gasteiger partial charge in [-0.25, -0.2) is 0 Å². The topological polar surface area (TPSA) is 29.5 Å². The lowest BCUT2D eigenvalue weighted by Crippen LogP contribution is -2.40. The molecule has 0 radical (unpaired) electrons. The van der Waals surface area contributed by atoms with E-state index >= 15 is 0 Å². The molecule has 0 unspecified atom stereocenters. The Hall–Kier alpha value is 0.137. The summed E-state index contributed by atoms with van der Waals surface area (Å²) in [6, 6.07) is 0. The number of hydrogen-bond acceptors (Lipinski definition) is 2. The van der Waals surface area contributed by atoms with E-state index in [9.17, 15) is 5.11 Å². The maximum absolute atomic E-state index is 10.3. The van der Waals surface area contributed by atoms with Gasteiger partial charge in [-0.2, -0.15) is 0 Å². The third-order valence-corrected chi connectivity index (χ3v) is 10.4. The van der Waals surface area contributed by atoms with Crippen LogP contribution in [0.3, 0.4) is 0 Å². The van der Waals surface area contributed by atoms with E-state index in [4.69, 9.17) is 4.43 Å². The van der Waals surface area contributed by atoms with Gasteiger partial charge in [0.2, 0.25) is 0 Å². The maximum Gasteiger partial charge on any atom is 0.191 e. The predicted molar refractivity (Wildman–Crippen MR) is 82.8 cm³/mol. The molecule has 2 aliphatic carbocycles. The molecule has 0 spiro atoms. The molecule has 2 rings (SSSR count). The van der Waals surface area contributed by atoms with Gasteiger partial charge in [0.15, 0.2) is 8.32 Å². The number of unbranched alkanes of at least 4 members (excludes halogenated alkanes) is 1. The Balaban J connectivity index is 1.60. The highest BCUT2D eigenvalue weighted by molar-refractivity contribution is 6.74. The molecule has 0 aliphatic heterocycles. The molecule has 0 aromatic rings. The smallest absolute Gasteiger partial charge is 0.191 e. The Morgan fingerprint density at radius 1 is 1.21 bits per heavy atom. The molecular formula is C16H32O2Si. The second-order valence-corrected chi connectivity index (χ2v) is 13.1. The lowest BCUT2D eigenvalue weighted by molar-refractivity contribution is 0.0824. The summed E-state index contributed by atoms with van der Waals surface area (Å²) in [5.74, 6) is 1.24. The average Bonchev–Trinajstić information content (AvgIpc) is 2.84. The van der Waals surface area contributed by atoms with E-state index in [1.165, 1.54) is 25.7 Å². The Morgan fingerprint density at radius 3 is 2.37 bits per heavy atom. The molecule has 3 heteroatoms. The molecule has 0 heterocycles. The molecule has 2 nitrogen and oxygen atoms in total. The van der Waals surface area contributed by atoms with Gasteiger partial charge in [-0.15, -0.1) is 0 Å². The van der Waals surface area contributed by atoms with Gasteiger partial charge in [-0.3, -0.25) is 0 Å². The van der Waals surface area contributed by atoms with Crippen LogP contribution in [0, 0.1) is 11.8 Å². The van der Waals surface area contributed by atoms with E-state index in [-0.39, 0.29) is 5.60 Å². The zero-order valence-corrected chi connectivity index (χ0v) is 14.5. The van der Waals surface area contributed by atoms with Crippen molar-refractivity contribution in [2.45, 2.75) is 83.0 Å². The van der Waals surface area contributed by atoms with Crippen LogP contribution in [0.5, 0.6) is 0 Å². The van der Waals surface area contributed by atoms with Crippen molar-refractivity contribution in [1.82, 2.24) is 0 Å². The fourth-order valence-corrected chi connectivity index (χ4v) is 4.36. The second-order valence-electron chi connectivity index (χ2n) is 8.27. The summed E-state index contributed by atoms with van der Waals surface area (Å²) in [5, 5.41) is 10.6. The SMILES string of the molecule is CC(C)(C)[Si](C)(C)OCCCC[C@@H]1CC[C@@H]2C[C@]12O. The van der Waals surface area contributed by atoms with Crippen LogP contribution in [0.4, 0.5) is 0 Å². The first-order valence-electron chi connectivity index (χ1n) is 8.03. The van der Waals surface area contributed by atoms with Gasteiger partial charge >= 0.3 is 0 Å². The van der Waals surface area contributed by atoms with Gasteiger partial charge in [0.1, 0.15) is 0 Å². The van der Waals surface area contributed by atoms with Crippen molar-refractivity contribution >= 4 is 8.32 Å². The summed E-state index contributed by atoms with van der Waals surface area (Å²) in [6.45, 7) is 12.4. The van der Waals surface area contributed by atoms with Gasteiger partial charge in [0, 0.05) is 6.61 Å². The average molecular weight is 285 g/mol. The van der Waals surface area contributed by atoms with Gasteiger partial charge < -0.3 is 9.53 Å². The van der Waals surface area contributed by atoms with Crippen molar-refractivity contribution in [2.75, 3.05) is 6.61 Å². The van der Waals surface area contributed by atoms with Crippen LogP contribution in [0.2, 0.25) is 18.1 Å². The zero-order chi connectivity index (χ0) is 14.3. The summed E-state index contributed by atoms with van der Waals surface area (Å²) in [4.78, 5) is 0. The van der Waals surface area contributed by atoms with Crippen molar-refractivity contribution in [2.24, 2.45) is 11.8 Å². The number of aliphatic hydroxyl groups is 1. The fourth-order valence-electron chi connectivity index (χ4n) is 3.27. The van der Waals surface area contributed by atoms with Gasteiger partial charge in [-0.1, -0.05) is 27.2 Å². The summed E-state index contributed by atoms with van der Waals surface area (Å²) >= 11 is 0. The number of rotatable bonds is 6. The van der Waals surface area contributed by atoms with E-state index in [0.717, 1.165) is 19.4 Å². The normalized spacial score (nSPS) is 34.4. The Morgan fingerprint density at radius 2 is 1.89 bits per heavy atom. The molecule has 3 atom stereocenters. The van der Waals surface area contributed by atoms with E-state index in [1.54, 1.807) is 0 Å². The standard InChI is InChI=1S/C16H32O2Si/c1-15(2,3)19(4,5)18-11-7-6-8-13-9-10-14-12-16(13,14)17/h13-14,17H,6-12H2,1-5H3/t13-,14-,16+/m1/s1. The summed E-state index contributed by atoms with van der Waals surface area (Å²) in [5.41, 5.74) is -0.236. The maximum atomic E-state index is 10.3. The monoisotopic (exact) mass is 284 g/mol. The first-order valence-corrected chi connectivity index (χ1v) is 10.9. The molecule has 2 saturated carbocycles. The lowest BCUT2D eigenvalue weighted by Gasteiger charge is -2.36. The Bertz CT molecular complexity index is 319. The van der Waals surface area contributed by atoms with Crippen molar-refractivity contribution in [3.05, 3.63) is 0 Å². The first-order chi connectivity index (χ1) is 8.67. The van der Waals surface area contributed by atoms with Crippen LogP contribution in [0.25, 0.3) is 0 Å². The van der Waals surface area contributed by atoms with Gasteiger partial charge in [0.05, 0.1) is 5.60 Å². The molecule has 112 valence electrons. The van der Waals surface area contributed by atoms with Crippen LogP contribution >= 0.6 is 0 Å². The minimum Gasteiger partial charge on any atom is -0.417 e. The number of fused-ring (bicyclic) bond motifs is 1. The summed E-state index contributed by atoms with van der Waals surface area (Å²) in [7, 11) is -1.56. The highest BCUT2D eigenvalue weighted by Crippen LogP contribution is 2.60. The quantitative estimate of drug-likeness (QED) is 0.581. The summed E-state index contributed by atoms with van der Waals surface area (Å²) < 4.78 is 6.20. The van der Waals surface area contributed by atoms with Crippen molar-refractivity contribution < 1.29 is 9.53 Å². The molecule has 0 saturated heterocycles. The van der Waals surface area contributed by atoms with E-state index in [2.05, 4.69) is 33.9 Å². The van der Waals surface area contributed by atoms with E-state index in [0.29, 0.717) is 16.9 Å².